The molecule has 0 bridgehead atoms. The Hall–Kier alpha value is -4.28. The minimum absolute atomic E-state index is 0.0199. The van der Waals surface area contributed by atoms with Gasteiger partial charge in [-0.05, 0) is 36.4 Å². The number of anilines is 1. The minimum Gasteiger partial charge on any atom is -0.337 e. The molecule has 2 amide bonds. The molecule has 0 aliphatic carbocycles. The van der Waals surface area contributed by atoms with Crippen LogP contribution in [0.2, 0.25) is 0 Å². The molecule has 0 saturated carbocycles. The van der Waals surface area contributed by atoms with Crippen LogP contribution in [0.5, 0.6) is 0 Å². The molecule has 4 aromatic rings. The predicted octanol–water partition coefficient (Wildman–Crippen LogP) is 5.02. The normalized spacial score (nSPS) is 13.9. The highest BCUT2D eigenvalue weighted by molar-refractivity contribution is 6.05. The fourth-order valence-corrected chi connectivity index (χ4v) is 4.53. The van der Waals surface area contributed by atoms with Gasteiger partial charge in [0.25, 0.3) is 5.91 Å². The van der Waals surface area contributed by atoms with Crippen LogP contribution >= 0.6 is 0 Å². The number of benzene rings is 2. The summed E-state index contributed by atoms with van der Waals surface area (Å²) in [4.78, 5) is 35.6. The molecule has 0 unspecified atom stereocenters. The second-order valence-corrected chi connectivity index (χ2v) is 10.2. The molecule has 1 N–H and O–H groups in total. The van der Waals surface area contributed by atoms with Gasteiger partial charge in [-0.1, -0.05) is 26.8 Å². The fourth-order valence-electron chi connectivity index (χ4n) is 4.53. The van der Waals surface area contributed by atoms with E-state index in [1.54, 1.807) is 69.6 Å². The lowest BCUT2D eigenvalue weighted by Gasteiger charge is -2.33. The van der Waals surface area contributed by atoms with E-state index in [0.29, 0.717) is 28.1 Å². The largest absolute Gasteiger partial charge is 0.435 e. The zero-order valence-corrected chi connectivity index (χ0v) is 21.0. The zero-order chi connectivity index (χ0) is 27.2. The molecule has 0 fully saturated rings. The first-order valence-electron chi connectivity index (χ1n) is 12.0. The molecule has 196 valence electrons. The van der Waals surface area contributed by atoms with E-state index in [1.165, 1.54) is 15.6 Å². The number of hydrogen-bond acceptors (Lipinski definition) is 5. The number of fused-ring (bicyclic) bond motifs is 2. The number of halogens is 3. The van der Waals surface area contributed by atoms with Gasteiger partial charge in [-0.15, -0.1) is 0 Å². The molecule has 5 rings (SSSR count). The number of nitrogens with zero attached hydrogens (tertiary/aromatic N) is 5. The van der Waals surface area contributed by atoms with Crippen molar-refractivity contribution in [2.24, 2.45) is 5.41 Å². The van der Waals surface area contributed by atoms with E-state index in [2.05, 4.69) is 20.4 Å². The molecule has 8 nitrogen and oxygen atoms in total. The van der Waals surface area contributed by atoms with Gasteiger partial charge in [0.05, 0.1) is 22.4 Å². The zero-order valence-electron chi connectivity index (χ0n) is 21.0. The quantitative estimate of drug-likeness (QED) is 0.408. The average Bonchev–Trinajstić information content (AvgIpc) is 3.27. The standard InChI is InChI=1S/C27H25F3N6O2/c1-26(2,3)25(38)35-12-9-22-19(15-35)23(27(28,29)30)34-36(22)18-6-4-5-16(13-18)24(37)33-17-7-8-20-21(14-17)32-11-10-31-20/h4-8,10-11,13-14H,9,12,15H2,1-3H3,(H,33,37). The van der Waals surface area contributed by atoms with Crippen molar-refractivity contribution >= 4 is 28.5 Å². The van der Waals surface area contributed by atoms with Gasteiger partial charge < -0.3 is 10.2 Å². The predicted molar refractivity (Wildman–Crippen MR) is 135 cm³/mol. The Balaban J connectivity index is 1.46. The number of hydrogen-bond donors (Lipinski definition) is 1. The number of alkyl halides is 3. The van der Waals surface area contributed by atoms with Gasteiger partial charge in [-0.25, -0.2) is 4.68 Å². The van der Waals surface area contributed by atoms with E-state index in [9.17, 15) is 22.8 Å². The number of rotatable bonds is 3. The van der Waals surface area contributed by atoms with Crippen molar-refractivity contribution in [2.45, 2.75) is 39.9 Å². The Bertz CT molecular complexity index is 1550. The van der Waals surface area contributed by atoms with Gasteiger partial charge in [0.1, 0.15) is 0 Å². The van der Waals surface area contributed by atoms with Gasteiger partial charge >= 0.3 is 6.18 Å². The summed E-state index contributed by atoms with van der Waals surface area (Å²) in [6.45, 7) is 5.31. The summed E-state index contributed by atoms with van der Waals surface area (Å²) < 4.78 is 43.2. The molecule has 2 aromatic carbocycles. The third-order valence-electron chi connectivity index (χ3n) is 6.33. The first kappa shape index (κ1) is 25.4. The molecule has 0 atom stereocenters. The van der Waals surface area contributed by atoms with Crippen LogP contribution in [0.3, 0.4) is 0 Å². The molecule has 1 aliphatic heterocycles. The van der Waals surface area contributed by atoms with E-state index in [1.807, 2.05) is 0 Å². The van der Waals surface area contributed by atoms with Gasteiger partial charge in [-0.3, -0.25) is 19.6 Å². The second-order valence-electron chi connectivity index (χ2n) is 10.2. The molecule has 0 radical (unpaired) electrons. The monoisotopic (exact) mass is 522 g/mol. The summed E-state index contributed by atoms with van der Waals surface area (Å²) in [5.74, 6) is -0.656. The summed E-state index contributed by atoms with van der Waals surface area (Å²) in [7, 11) is 0. The Kier molecular flexibility index (Phi) is 6.16. The van der Waals surface area contributed by atoms with E-state index in [-0.39, 0.29) is 36.5 Å². The molecule has 2 aromatic heterocycles. The summed E-state index contributed by atoms with van der Waals surface area (Å²) in [6.07, 6.45) is -1.37. The topological polar surface area (TPSA) is 93.0 Å². The molecule has 11 heteroatoms. The van der Waals surface area contributed by atoms with Crippen LogP contribution in [0.25, 0.3) is 16.7 Å². The molecular weight excluding hydrogens is 497 g/mol. The summed E-state index contributed by atoms with van der Waals surface area (Å²) >= 11 is 0. The molecule has 38 heavy (non-hydrogen) atoms. The lowest BCUT2D eigenvalue weighted by Crippen LogP contribution is -2.42. The average molecular weight is 523 g/mol. The van der Waals surface area contributed by atoms with Gasteiger partial charge in [0.15, 0.2) is 5.69 Å². The maximum atomic E-state index is 14.0. The Morgan fingerprint density at radius 1 is 0.974 bits per heavy atom. The van der Waals surface area contributed by atoms with Crippen molar-refractivity contribution in [3.63, 3.8) is 0 Å². The maximum Gasteiger partial charge on any atom is 0.435 e. The highest BCUT2D eigenvalue weighted by atomic mass is 19.4. The minimum atomic E-state index is -4.70. The van der Waals surface area contributed by atoms with E-state index in [0.717, 1.165) is 0 Å². The second kappa shape index (κ2) is 9.23. The highest BCUT2D eigenvalue weighted by Crippen LogP contribution is 2.37. The number of amides is 2. The molecular formula is C27H25F3N6O2. The SMILES string of the molecule is CC(C)(C)C(=O)N1CCc2c(c(C(F)(F)F)nn2-c2cccc(C(=O)Nc3ccc4nccnc4c3)c2)C1. The number of aromatic nitrogens is 4. The third kappa shape index (κ3) is 4.83. The van der Waals surface area contributed by atoms with Crippen molar-refractivity contribution in [3.8, 4) is 5.69 Å². The van der Waals surface area contributed by atoms with Crippen molar-refractivity contribution in [2.75, 3.05) is 11.9 Å². The van der Waals surface area contributed by atoms with Gasteiger partial charge in [0, 0.05) is 54.1 Å². The number of nitrogens with one attached hydrogen (secondary N) is 1. The van der Waals surface area contributed by atoms with Crippen LogP contribution in [0.15, 0.2) is 54.9 Å². The summed E-state index contributed by atoms with van der Waals surface area (Å²) in [5, 5.41) is 6.71. The molecule has 0 spiro atoms. The summed E-state index contributed by atoms with van der Waals surface area (Å²) in [6, 6.07) is 11.4. The van der Waals surface area contributed by atoms with Crippen LogP contribution in [-0.4, -0.2) is 43.0 Å². The van der Waals surface area contributed by atoms with E-state index in [4.69, 9.17) is 0 Å². The van der Waals surface area contributed by atoms with Gasteiger partial charge in [-0.2, -0.15) is 18.3 Å². The van der Waals surface area contributed by atoms with Crippen molar-refractivity contribution in [1.82, 2.24) is 24.6 Å². The first-order valence-corrected chi connectivity index (χ1v) is 12.0. The fraction of sp³-hybridized carbons (Fsp3) is 0.296. The number of carbonyl (C=O) groups excluding carboxylic acids is 2. The number of carbonyl (C=O) groups is 2. The van der Waals surface area contributed by atoms with E-state index < -0.39 is 23.2 Å². The van der Waals surface area contributed by atoms with Crippen LogP contribution in [0.1, 0.15) is 48.1 Å². The lowest BCUT2D eigenvalue weighted by molar-refractivity contribution is -0.145. The Morgan fingerprint density at radius 2 is 1.71 bits per heavy atom. The Labute approximate surface area is 216 Å². The van der Waals surface area contributed by atoms with Crippen LogP contribution in [0.4, 0.5) is 18.9 Å². The lowest BCUT2D eigenvalue weighted by atomic mass is 9.93. The first-order chi connectivity index (χ1) is 17.9. The van der Waals surface area contributed by atoms with Crippen LogP contribution in [0, 0.1) is 5.41 Å². The van der Waals surface area contributed by atoms with Crippen molar-refractivity contribution < 1.29 is 22.8 Å². The molecule has 3 heterocycles. The van der Waals surface area contributed by atoms with Gasteiger partial charge in [0.2, 0.25) is 5.91 Å². The van der Waals surface area contributed by atoms with E-state index >= 15 is 0 Å². The van der Waals surface area contributed by atoms with Crippen LogP contribution in [-0.2, 0) is 23.9 Å². The van der Waals surface area contributed by atoms with Crippen LogP contribution < -0.4 is 5.32 Å². The summed E-state index contributed by atoms with van der Waals surface area (Å²) in [5.41, 5.74) is 0.989. The molecule has 0 saturated heterocycles. The smallest absolute Gasteiger partial charge is 0.337 e. The highest BCUT2D eigenvalue weighted by Gasteiger charge is 2.42. The Morgan fingerprint density at radius 3 is 2.42 bits per heavy atom. The molecule has 1 aliphatic rings. The van der Waals surface area contributed by atoms with Crippen molar-refractivity contribution in [3.05, 3.63) is 77.4 Å². The third-order valence-corrected chi connectivity index (χ3v) is 6.33. The van der Waals surface area contributed by atoms with Crippen molar-refractivity contribution in [1.29, 1.82) is 0 Å². The maximum absolute atomic E-state index is 14.0.